The molecule has 1 atom stereocenters. The molecule has 2 aromatic heterocycles. The van der Waals surface area contributed by atoms with Gasteiger partial charge in [0, 0.05) is 36.9 Å². The Kier molecular flexibility index (Phi) is 4.07. The van der Waals surface area contributed by atoms with Gasteiger partial charge in [0.25, 0.3) is 0 Å². The van der Waals surface area contributed by atoms with Crippen LogP contribution in [0.5, 0.6) is 0 Å². The zero-order valence-electron chi connectivity index (χ0n) is 12.0. The first-order chi connectivity index (χ1) is 10.2. The third-order valence-electron chi connectivity index (χ3n) is 4.25. The predicted octanol–water partition coefficient (Wildman–Crippen LogP) is 3.04. The van der Waals surface area contributed by atoms with Crippen LogP contribution in [0.4, 0.5) is 0 Å². The molecule has 5 nitrogen and oxygen atoms in total. The first-order valence-corrected chi connectivity index (χ1v) is 8.08. The number of aromatic nitrogens is 2. The summed E-state index contributed by atoms with van der Waals surface area (Å²) in [6, 6.07) is 4.11. The highest BCUT2D eigenvalue weighted by Crippen LogP contribution is 2.30. The highest BCUT2D eigenvalue weighted by atomic mass is 32.1. The molecule has 0 spiro atoms. The molecule has 0 bridgehead atoms. The lowest BCUT2D eigenvalue weighted by Crippen LogP contribution is -2.36. The fourth-order valence-corrected chi connectivity index (χ4v) is 3.77. The van der Waals surface area contributed by atoms with Gasteiger partial charge in [-0.05, 0) is 31.9 Å². The van der Waals surface area contributed by atoms with Crippen LogP contribution in [0.2, 0.25) is 0 Å². The van der Waals surface area contributed by atoms with Crippen molar-refractivity contribution in [2.75, 3.05) is 13.1 Å². The lowest BCUT2D eigenvalue weighted by atomic mass is 10.0. The Labute approximate surface area is 127 Å². The summed E-state index contributed by atoms with van der Waals surface area (Å²) in [5, 5.41) is 12.4. The van der Waals surface area contributed by atoms with E-state index in [1.807, 2.05) is 28.4 Å². The molecule has 21 heavy (non-hydrogen) atoms. The molecular formula is C15H19N3O2S. The quantitative estimate of drug-likeness (QED) is 0.943. The Morgan fingerprint density at radius 1 is 1.48 bits per heavy atom. The largest absolute Gasteiger partial charge is 0.477 e. The van der Waals surface area contributed by atoms with Gasteiger partial charge in [-0.15, -0.1) is 11.3 Å². The van der Waals surface area contributed by atoms with Gasteiger partial charge in [-0.2, -0.15) is 0 Å². The standard InChI is InChI=1S/C15H19N3O2S/c1-11(14-16-6-10-21-14)17-8-4-12(5-9-17)18-7-2-3-13(18)15(19)20/h2-3,6-7,10-12H,4-5,8-9H2,1H3,(H,19,20). The Morgan fingerprint density at radius 3 is 2.86 bits per heavy atom. The van der Waals surface area contributed by atoms with Gasteiger partial charge in [0.2, 0.25) is 0 Å². The molecule has 0 radical (unpaired) electrons. The number of hydrogen-bond donors (Lipinski definition) is 1. The number of thiazole rings is 1. The van der Waals surface area contributed by atoms with Crippen molar-refractivity contribution in [3.63, 3.8) is 0 Å². The van der Waals surface area contributed by atoms with E-state index in [-0.39, 0.29) is 6.04 Å². The topological polar surface area (TPSA) is 58.4 Å². The molecule has 6 heteroatoms. The van der Waals surface area contributed by atoms with Crippen LogP contribution in [-0.2, 0) is 0 Å². The first-order valence-electron chi connectivity index (χ1n) is 7.20. The number of likely N-dealkylation sites (tertiary alicyclic amines) is 1. The Bertz CT molecular complexity index is 600. The second kappa shape index (κ2) is 5.99. The number of rotatable bonds is 4. The number of nitrogens with zero attached hydrogens (tertiary/aromatic N) is 3. The number of carbonyl (C=O) groups is 1. The summed E-state index contributed by atoms with van der Waals surface area (Å²) in [6.45, 7) is 4.14. The average molecular weight is 305 g/mol. The van der Waals surface area contributed by atoms with E-state index in [0.29, 0.717) is 11.7 Å². The normalized spacial score (nSPS) is 18.7. The summed E-state index contributed by atoms with van der Waals surface area (Å²) in [6.07, 6.45) is 5.69. The molecule has 0 amide bonds. The van der Waals surface area contributed by atoms with Crippen molar-refractivity contribution < 1.29 is 9.90 Å². The van der Waals surface area contributed by atoms with Crippen molar-refractivity contribution in [3.8, 4) is 0 Å². The van der Waals surface area contributed by atoms with Crippen molar-refractivity contribution >= 4 is 17.3 Å². The highest BCUT2D eigenvalue weighted by molar-refractivity contribution is 7.09. The van der Waals surface area contributed by atoms with Gasteiger partial charge in [0.05, 0.1) is 6.04 Å². The molecule has 0 aliphatic carbocycles. The van der Waals surface area contributed by atoms with E-state index in [4.69, 9.17) is 0 Å². The lowest BCUT2D eigenvalue weighted by Gasteiger charge is -2.36. The van der Waals surface area contributed by atoms with Crippen molar-refractivity contribution in [1.82, 2.24) is 14.5 Å². The van der Waals surface area contributed by atoms with Crippen molar-refractivity contribution in [1.29, 1.82) is 0 Å². The Morgan fingerprint density at radius 2 is 2.24 bits per heavy atom. The van der Waals surface area contributed by atoms with Crippen LogP contribution in [0.3, 0.4) is 0 Å². The summed E-state index contributed by atoms with van der Waals surface area (Å²) < 4.78 is 1.91. The van der Waals surface area contributed by atoms with Gasteiger partial charge in [-0.3, -0.25) is 4.90 Å². The molecule has 112 valence electrons. The van der Waals surface area contributed by atoms with Crippen LogP contribution >= 0.6 is 11.3 Å². The van der Waals surface area contributed by atoms with E-state index in [0.717, 1.165) is 30.9 Å². The second-order valence-corrected chi connectivity index (χ2v) is 6.35. The third-order valence-corrected chi connectivity index (χ3v) is 5.19. The molecule has 2 aromatic rings. The highest BCUT2D eigenvalue weighted by Gasteiger charge is 2.26. The van der Waals surface area contributed by atoms with Crippen molar-refractivity contribution in [3.05, 3.63) is 40.6 Å². The first kappa shape index (κ1) is 14.3. The molecule has 0 saturated carbocycles. The number of piperidine rings is 1. The number of aromatic carboxylic acids is 1. The molecule has 1 N–H and O–H groups in total. The summed E-state index contributed by atoms with van der Waals surface area (Å²) in [5.74, 6) is -0.849. The van der Waals surface area contributed by atoms with E-state index in [2.05, 4.69) is 16.8 Å². The molecular weight excluding hydrogens is 286 g/mol. The summed E-state index contributed by atoms with van der Waals surface area (Å²) in [4.78, 5) is 18.0. The minimum Gasteiger partial charge on any atom is -0.477 e. The van der Waals surface area contributed by atoms with Crippen LogP contribution in [-0.4, -0.2) is 38.6 Å². The van der Waals surface area contributed by atoms with Crippen molar-refractivity contribution in [2.24, 2.45) is 0 Å². The van der Waals surface area contributed by atoms with Gasteiger partial charge >= 0.3 is 5.97 Å². The third kappa shape index (κ3) is 2.87. The summed E-state index contributed by atoms with van der Waals surface area (Å²) in [5.41, 5.74) is 0.390. The van der Waals surface area contributed by atoms with Gasteiger partial charge in [0.1, 0.15) is 10.7 Å². The van der Waals surface area contributed by atoms with E-state index in [1.54, 1.807) is 17.4 Å². The maximum atomic E-state index is 11.2. The minimum absolute atomic E-state index is 0.283. The molecule has 1 saturated heterocycles. The fourth-order valence-electron chi connectivity index (χ4n) is 3.04. The zero-order chi connectivity index (χ0) is 14.8. The molecule has 3 rings (SSSR count). The lowest BCUT2D eigenvalue weighted by molar-refractivity contribution is 0.0676. The average Bonchev–Trinajstić information content (AvgIpc) is 3.18. The van der Waals surface area contributed by atoms with Crippen LogP contribution in [0, 0.1) is 0 Å². The fraction of sp³-hybridized carbons (Fsp3) is 0.467. The molecule has 1 unspecified atom stereocenters. The van der Waals surface area contributed by atoms with Crippen LogP contribution in [0.1, 0.15) is 47.3 Å². The molecule has 3 heterocycles. The maximum absolute atomic E-state index is 11.2. The SMILES string of the molecule is CC(c1nccs1)N1CCC(n2cccc2C(=O)O)CC1. The van der Waals surface area contributed by atoms with Crippen LogP contribution in [0.25, 0.3) is 0 Å². The van der Waals surface area contributed by atoms with Crippen LogP contribution in [0.15, 0.2) is 29.9 Å². The van der Waals surface area contributed by atoms with Crippen LogP contribution < -0.4 is 0 Å². The van der Waals surface area contributed by atoms with E-state index < -0.39 is 5.97 Å². The molecule has 1 aliphatic rings. The maximum Gasteiger partial charge on any atom is 0.352 e. The van der Waals surface area contributed by atoms with Gasteiger partial charge in [-0.1, -0.05) is 0 Å². The van der Waals surface area contributed by atoms with E-state index in [9.17, 15) is 9.90 Å². The molecule has 1 fully saturated rings. The zero-order valence-corrected chi connectivity index (χ0v) is 12.8. The summed E-state index contributed by atoms with van der Waals surface area (Å²) in [7, 11) is 0. The van der Waals surface area contributed by atoms with Gasteiger partial charge in [-0.25, -0.2) is 9.78 Å². The number of carboxylic acid groups (broad SMARTS) is 1. The van der Waals surface area contributed by atoms with E-state index >= 15 is 0 Å². The smallest absolute Gasteiger partial charge is 0.352 e. The van der Waals surface area contributed by atoms with E-state index in [1.165, 1.54) is 0 Å². The molecule has 0 aromatic carbocycles. The Hall–Kier alpha value is -1.66. The van der Waals surface area contributed by atoms with Crippen molar-refractivity contribution in [2.45, 2.75) is 31.8 Å². The van der Waals surface area contributed by atoms with Gasteiger partial charge < -0.3 is 9.67 Å². The molecule has 1 aliphatic heterocycles. The second-order valence-electron chi connectivity index (χ2n) is 5.42. The monoisotopic (exact) mass is 305 g/mol. The predicted molar refractivity (Wildman–Crippen MR) is 81.8 cm³/mol. The number of hydrogen-bond acceptors (Lipinski definition) is 4. The Balaban J connectivity index is 1.65. The van der Waals surface area contributed by atoms with Gasteiger partial charge in [0.15, 0.2) is 0 Å². The minimum atomic E-state index is -0.849. The number of carboxylic acids is 1. The summed E-state index contributed by atoms with van der Waals surface area (Å²) >= 11 is 1.69.